The Kier molecular flexibility index (Phi) is 3.13. The van der Waals surface area contributed by atoms with Gasteiger partial charge in [0.15, 0.2) is 0 Å². The molecule has 0 spiro atoms. The van der Waals surface area contributed by atoms with E-state index < -0.39 is 41.5 Å². The van der Waals surface area contributed by atoms with Crippen LogP contribution in [0.3, 0.4) is 0 Å². The molecular formula is C10H8NO7S2. The van der Waals surface area contributed by atoms with Crippen LogP contribution in [0.25, 0.3) is 10.8 Å². The minimum absolute atomic E-state index is 0.200. The summed E-state index contributed by atoms with van der Waals surface area (Å²) in [6.45, 7) is 0. The Balaban J connectivity index is 3.17. The van der Waals surface area contributed by atoms with Crippen molar-refractivity contribution in [1.82, 2.24) is 0 Å². The molecule has 0 saturated heterocycles. The number of phenolic OH excluding ortho intramolecular Hbond substituents is 1. The standard InChI is InChI=1S/C10H8NO7S2/c11-10-8(20(16,17)18)4-7(19(13,14)15)5-2-1-3-6(12)9(5)10/h1-2,4,12H,11H2,(H,13,14,15)(H,16,17,18). The number of fused-ring (bicyclic) bond motifs is 1. The number of nitrogens with two attached hydrogens (primary N) is 1. The summed E-state index contributed by atoms with van der Waals surface area (Å²) in [6, 6.07) is 5.15. The highest BCUT2D eigenvalue weighted by Gasteiger charge is 2.25. The van der Waals surface area contributed by atoms with Crippen LogP contribution in [0, 0.1) is 6.07 Å². The molecule has 1 radical (unpaired) electrons. The second kappa shape index (κ2) is 4.31. The summed E-state index contributed by atoms with van der Waals surface area (Å²) in [5, 5.41) is 9.09. The lowest BCUT2D eigenvalue weighted by molar-refractivity contribution is 0.479. The summed E-state index contributed by atoms with van der Waals surface area (Å²) in [4.78, 5) is -1.74. The number of aromatic hydroxyl groups is 1. The fourth-order valence-corrected chi connectivity index (χ4v) is 3.23. The van der Waals surface area contributed by atoms with Crippen LogP contribution in [-0.2, 0) is 20.2 Å². The van der Waals surface area contributed by atoms with E-state index in [1.807, 2.05) is 0 Å². The largest absolute Gasteiger partial charge is 0.507 e. The second-order valence-corrected chi connectivity index (χ2v) is 6.63. The van der Waals surface area contributed by atoms with Crippen molar-refractivity contribution >= 4 is 36.7 Å². The van der Waals surface area contributed by atoms with Crippen LogP contribution in [-0.4, -0.2) is 31.0 Å². The Morgan fingerprint density at radius 1 is 1.05 bits per heavy atom. The molecule has 5 N–H and O–H groups in total. The van der Waals surface area contributed by atoms with Gasteiger partial charge in [-0.1, -0.05) is 6.07 Å². The van der Waals surface area contributed by atoms with E-state index in [1.54, 1.807) is 0 Å². The number of phenols is 1. The van der Waals surface area contributed by atoms with Gasteiger partial charge in [0, 0.05) is 16.8 Å². The minimum Gasteiger partial charge on any atom is -0.507 e. The molecule has 0 unspecified atom stereocenters. The molecule has 107 valence electrons. The number of nitrogen functional groups attached to an aromatic ring is 1. The van der Waals surface area contributed by atoms with Crippen LogP contribution >= 0.6 is 0 Å². The summed E-state index contributed by atoms with van der Waals surface area (Å²) in [5.41, 5.74) is 4.97. The van der Waals surface area contributed by atoms with Gasteiger partial charge in [0.25, 0.3) is 20.2 Å². The van der Waals surface area contributed by atoms with Crippen LogP contribution in [0.1, 0.15) is 0 Å². The molecule has 0 aliphatic heterocycles. The summed E-state index contributed by atoms with van der Waals surface area (Å²) in [7, 11) is -9.65. The Morgan fingerprint density at radius 3 is 2.10 bits per heavy atom. The van der Waals surface area contributed by atoms with Gasteiger partial charge in [0.1, 0.15) is 15.5 Å². The first-order chi connectivity index (χ1) is 9.03. The smallest absolute Gasteiger partial charge is 0.296 e. The van der Waals surface area contributed by atoms with E-state index in [-0.39, 0.29) is 10.8 Å². The molecule has 0 aromatic heterocycles. The van der Waals surface area contributed by atoms with Crippen molar-refractivity contribution in [2.45, 2.75) is 9.79 Å². The van der Waals surface area contributed by atoms with E-state index in [2.05, 4.69) is 6.07 Å². The molecule has 2 aromatic rings. The van der Waals surface area contributed by atoms with Crippen molar-refractivity contribution in [3.05, 3.63) is 24.3 Å². The molecule has 2 rings (SSSR count). The molecule has 0 bridgehead atoms. The molecule has 2 aromatic carbocycles. The van der Waals surface area contributed by atoms with Gasteiger partial charge in [-0.3, -0.25) is 9.11 Å². The second-order valence-electron chi connectivity index (χ2n) is 3.85. The van der Waals surface area contributed by atoms with Crippen molar-refractivity contribution in [2.75, 3.05) is 5.73 Å². The molecule has 0 heterocycles. The zero-order valence-electron chi connectivity index (χ0n) is 9.60. The average molecular weight is 318 g/mol. The van der Waals surface area contributed by atoms with Crippen molar-refractivity contribution < 1.29 is 31.0 Å². The molecule has 8 nitrogen and oxygen atoms in total. The first-order valence-corrected chi connectivity index (χ1v) is 7.82. The number of anilines is 1. The lowest BCUT2D eigenvalue weighted by Gasteiger charge is -2.11. The van der Waals surface area contributed by atoms with Crippen molar-refractivity contribution in [3.63, 3.8) is 0 Å². The first-order valence-electron chi connectivity index (χ1n) is 4.94. The van der Waals surface area contributed by atoms with E-state index in [4.69, 9.17) is 14.8 Å². The number of hydrogen-bond donors (Lipinski definition) is 4. The molecule has 0 atom stereocenters. The zero-order valence-corrected chi connectivity index (χ0v) is 11.2. The maximum absolute atomic E-state index is 11.3. The quantitative estimate of drug-likeness (QED) is 0.458. The topological polar surface area (TPSA) is 155 Å². The van der Waals surface area contributed by atoms with E-state index in [0.29, 0.717) is 6.07 Å². The van der Waals surface area contributed by atoms with Gasteiger partial charge in [-0.25, -0.2) is 0 Å². The third-order valence-corrected chi connectivity index (χ3v) is 4.38. The third kappa shape index (κ3) is 2.29. The SMILES string of the molecule is Nc1c(S(=O)(=O)O)cc(S(=O)(=O)O)c2cc[c]c(O)c12. The molecule has 20 heavy (non-hydrogen) atoms. The van der Waals surface area contributed by atoms with Gasteiger partial charge in [0.05, 0.1) is 5.69 Å². The van der Waals surface area contributed by atoms with Crippen molar-refractivity contribution in [2.24, 2.45) is 0 Å². The summed E-state index contributed by atoms with van der Waals surface area (Å²) in [6.07, 6.45) is 0. The van der Waals surface area contributed by atoms with Gasteiger partial charge < -0.3 is 10.8 Å². The molecule has 10 heteroatoms. The van der Waals surface area contributed by atoms with E-state index in [9.17, 15) is 21.9 Å². The van der Waals surface area contributed by atoms with Crippen molar-refractivity contribution in [3.8, 4) is 5.75 Å². The van der Waals surface area contributed by atoms with Gasteiger partial charge in [-0.2, -0.15) is 16.8 Å². The summed E-state index contributed by atoms with van der Waals surface area (Å²) >= 11 is 0. The third-order valence-electron chi connectivity index (χ3n) is 2.59. The molecular weight excluding hydrogens is 310 g/mol. The maximum atomic E-state index is 11.3. The first kappa shape index (κ1) is 14.5. The summed E-state index contributed by atoms with van der Waals surface area (Å²) in [5.74, 6) is -0.615. The van der Waals surface area contributed by atoms with Gasteiger partial charge in [-0.15, -0.1) is 0 Å². The van der Waals surface area contributed by atoms with E-state index >= 15 is 0 Å². The van der Waals surface area contributed by atoms with Crippen LogP contribution in [0.15, 0.2) is 28.0 Å². The molecule has 0 aliphatic carbocycles. The minimum atomic E-state index is -4.85. The normalized spacial score (nSPS) is 12.7. The van der Waals surface area contributed by atoms with Gasteiger partial charge in [0.2, 0.25) is 0 Å². The summed E-state index contributed by atoms with van der Waals surface area (Å²) < 4.78 is 63.1. The molecule has 0 saturated carbocycles. The molecule has 0 fully saturated rings. The lowest BCUT2D eigenvalue weighted by Crippen LogP contribution is -2.08. The maximum Gasteiger partial charge on any atom is 0.296 e. The fraction of sp³-hybridized carbons (Fsp3) is 0. The molecule has 0 aliphatic rings. The van der Waals surface area contributed by atoms with Gasteiger partial charge in [-0.05, 0) is 12.1 Å². The predicted octanol–water partition coefficient (Wildman–Crippen LogP) is 0.421. The average Bonchev–Trinajstić information content (AvgIpc) is 2.25. The lowest BCUT2D eigenvalue weighted by atomic mass is 10.1. The Bertz CT molecular complexity index is 916. The van der Waals surface area contributed by atoms with Crippen LogP contribution < -0.4 is 5.73 Å². The Hall–Kier alpha value is -1.88. The van der Waals surface area contributed by atoms with Crippen molar-refractivity contribution in [1.29, 1.82) is 0 Å². The Morgan fingerprint density at radius 2 is 1.60 bits per heavy atom. The highest BCUT2D eigenvalue weighted by molar-refractivity contribution is 7.87. The van der Waals surface area contributed by atoms with Gasteiger partial charge >= 0.3 is 0 Å². The zero-order chi connectivity index (χ0) is 15.3. The highest BCUT2D eigenvalue weighted by Crippen LogP contribution is 2.38. The highest BCUT2D eigenvalue weighted by atomic mass is 32.2. The van der Waals surface area contributed by atoms with Crippen LogP contribution in [0.4, 0.5) is 5.69 Å². The monoisotopic (exact) mass is 318 g/mol. The number of hydrogen-bond acceptors (Lipinski definition) is 6. The number of benzene rings is 2. The van der Waals surface area contributed by atoms with E-state index in [1.165, 1.54) is 12.1 Å². The molecule has 0 amide bonds. The van der Waals surface area contributed by atoms with Crippen LogP contribution in [0.2, 0.25) is 0 Å². The number of rotatable bonds is 2. The fourth-order valence-electron chi connectivity index (χ4n) is 1.79. The Labute approximate surface area is 114 Å². The van der Waals surface area contributed by atoms with Crippen LogP contribution in [0.5, 0.6) is 5.75 Å². The van der Waals surface area contributed by atoms with E-state index in [0.717, 1.165) is 0 Å². The predicted molar refractivity (Wildman–Crippen MR) is 68.5 cm³/mol.